The molecule has 0 amide bonds. The zero-order chi connectivity index (χ0) is 13.8. The standard InChI is InChI=1S/C14H17ClO3/c1-14(2,3)18-13(16)8-5-10-9-11(15)6-7-12(10)17-4/h5-9H,1-4H3/b8-5+. The van der Waals surface area contributed by atoms with E-state index in [1.54, 1.807) is 31.4 Å². The molecule has 0 spiro atoms. The number of carbonyl (C=O) groups excluding carboxylic acids is 1. The summed E-state index contributed by atoms with van der Waals surface area (Å²) in [6.07, 6.45) is 2.98. The Balaban J connectivity index is 2.84. The second kappa shape index (κ2) is 5.91. The summed E-state index contributed by atoms with van der Waals surface area (Å²) >= 11 is 5.89. The summed E-state index contributed by atoms with van der Waals surface area (Å²) in [5.74, 6) is 0.253. The van der Waals surface area contributed by atoms with Crippen molar-refractivity contribution in [3.63, 3.8) is 0 Å². The van der Waals surface area contributed by atoms with Gasteiger partial charge in [0, 0.05) is 16.7 Å². The van der Waals surface area contributed by atoms with Crippen molar-refractivity contribution in [2.24, 2.45) is 0 Å². The van der Waals surface area contributed by atoms with Crippen LogP contribution in [0.1, 0.15) is 26.3 Å². The number of rotatable bonds is 3. The van der Waals surface area contributed by atoms with Gasteiger partial charge in [0.15, 0.2) is 0 Å². The fourth-order valence-corrected chi connectivity index (χ4v) is 1.51. The zero-order valence-electron chi connectivity index (χ0n) is 11.0. The van der Waals surface area contributed by atoms with Crippen molar-refractivity contribution in [3.05, 3.63) is 34.9 Å². The summed E-state index contributed by atoms with van der Waals surface area (Å²) in [5, 5.41) is 0.583. The van der Waals surface area contributed by atoms with Crippen LogP contribution < -0.4 is 4.74 Å². The summed E-state index contributed by atoms with van der Waals surface area (Å²) in [6, 6.07) is 5.20. The van der Waals surface area contributed by atoms with Crippen LogP contribution in [0.3, 0.4) is 0 Å². The predicted octanol–water partition coefficient (Wildman–Crippen LogP) is 3.70. The topological polar surface area (TPSA) is 35.5 Å². The molecule has 1 rings (SSSR count). The van der Waals surface area contributed by atoms with Gasteiger partial charge in [0.05, 0.1) is 7.11 Å². The van der Waals surface area contributed by atoms with E-state index in [9.17, 15) is 4.79 Å². The maximum Gasteiger partial charge on any atom is 0.331 e. The number of halogens is 1. The lowest BCUT2D eigenvalue weighted by Crippen LogP contribution is -2.22. The summed E-state index contributed by atoms with van der Waals surface area (Å²) in [5.41, 5.74) is 0.232. The predicted molar refractivity (Wildman–Crippen MR) is 72.9 cm³/mol. The van der Waals surface area contributed by atoms with Crippen LogP contribution in [0.15, 0.2) is 24.3 Å². The van der Waals surface area contributed by atoms with Gasteiger partial charge in [0.25, 0.3) is 0 Å². The van der Waals surface area contributed by atoms with Crippen LogP contribution in [-0.2, 0) is 9.53 Å². The summed E-state index contributed by atoms with van der Waals surface area (Å²) < 4.78 is 10.3. The molecule has 0 fully saturated rings. The Morgan fingerprint density at radius 3 is 2.56 bits per heavy atom. The second-order valence-corrected chi connectivity index (χ2v) is 5.19. The number of hydrogen-bond donors (Lipinski definition) is 0. The quantitative estimate of drug-likeness (QED) is 0.619. The average molecular weight is 269 g/mol. The molecule has 1 aromatic carbocycles. The lowest BCUT2D eigenvalue weighted by Gasteiger charge is -2.17. The molecule has 0 bridgehead atoms. The van der Waals surface area contributed by atoms with Crippen molar-refractivity contribution in [1.82, 2.24) is 0 Å². The van der Waals surface area contributed by atoms with Gasteiger partial charge in [-0.25, -0.2) is 4.79 Å². The van der Waals surface area contributed by atoms with Crippen LogP contribution in [0, 0.1) is 0 Å². The molecule has 0 unspecified atom stereocenters. The first-order valence-electron chi connectivity index (χ1n) is 5.56. The van der Waals surface area contributed by atoms with E-state index in [0.29, 0.717) is 10.8 Å². The Hall–Kier alpha value is -1.48. The van der Waals surface area contributed by atoms with Gasteiger partial charge in [-0.05, 0) is 45.0 Å². The first-order valence-corrected chi connectivity index (χ1v) is 5.94. The Morgan fingerprint density at radius 2 is 2.00 bits per heavy atom. The Labute approximate surface area is 112 Å². The number of carbonyl (C=O) groups is 1. The van der Waals surface area contributed by atoms with E-state index in [-0.39, 0.29) is 0 Å². The highest BCUT2D eigenvalue weighted by Gasteiger charge is 2.14. The molecule has 0 aliphatic heterocycles. The van der Waals surface area contributed by atoms with Crippen LogP contribution in [0.5, 0.6) is 5.75 Å². The molecule has 0 saturated heterocycles. The number of methoxy groups -OCH3 is 1. The minimum atomic E-state index is -0.500. The van der Waals surface area contributed by atoms with Gasteiger partial charge in [-0.2, -0.15) is 0 Å². The van der Waals surface area contributed by atoms with Gasteiger partial charge >= 0.3 is 5.97 Å². The van der Waals surface area contributed by atoms with E-state index in [1.807, 2.05) is 20.8 Å². The molecule has 0 aromatic heterocycles. The fourth-order valence-electron chi connectivity index (χ4n) is 1.33. The van der Waals surface area contributed by atoms with Crippen LogP contribution in [0.25, 0.3) is 6.08 Å². The van der Waals surface area contributed by atoms with Crippen molar-refractivity contribution in [1.29, 1.82) is 0 Å². The first kappa shape index (κ1) is 14.6. The molecule has 0 saturated carbocycles. The molecule has 3 nitrogen and oxygen atoms in total. The molecule has 18 heavy (non-hydrogen) atoms. The van der Waals surface area contributed by atoms with Crippen molar-refractivity contribution in [3.8, 4) is 5.75 Å². The molecule has 0 atom stereocenters. The highest BCUT2D eigenvalue weighted by Crippen LogP contribution is 2.23. The van der Waals surface area contributed by atoms with Gasteiger partial charge in [-0.1, -0.05) is 11.6 Å². The monoisotopic (exact) mass is 268 g/mol. The van der Waals surface area contributed by atoms with Crippen LogP contribution >= 0.6 is 11.6 Å². The molecule has 0 aliphatic carbocycles. The van der Waals surface area contributed by atoms with Gasteiger partial charge in [-0.3, -0.25) is 0 Å². The largest absolute Gasteiger partial charge is 0.496 e. The molecule has 4 heteroatoms. The molecule has 98 valence electrons. The Morgan fingerprint density at radius 1 is 1.33 bits per heavy atom. The SMILES string of the molecule is COc1ccc(Cl)cc1/C=C/C(=O)OC(C)(C)C. The summed E-state index contributed by atoms with van der Waals surface area (Å²) in [7, 11) is 1.56. The van der Waals surface area contributed by atoms with Gasteiger partial charge in [0.1, 0.15) is 11.4 Å². The molecule has 0 heterocycles. The smallest absolute Gasteiger partial charge is 0.331 e. The van der Waals surface area contributed by atoms with E-state index in [2.05, 4.69) is 0 Å². The number of esters is 1. The lowest BCUT2D eigenvalue weighted by molar-refractivity contribution is -0.148. The third kappa shape index (κ3) is 4.80. The van der Waals surface area contributed by atoms with Crippen LogP contribution in [0.4, 0.5) is 0 Å². The maximum atomic E-state index is 11.5. The van der Waals surface area contributed by atoms with Crippen molar-refractivity contribution in [2.45, 2.75) is 26.4 Å². The average Bonchev–Trinajstić information content (AvgIpc) is 2.24. The lowest BCUT2D eigenvalue weighted by atomic mass is 10.2. The number of benzene rings is 1. The van der Waals surface area contributed by atoms with Crippen molar-refractivity contribution in [2.75, 3.05) is 7.11 Å². The molecule has 1 aromatic rings. The van der Waals surface area contributed by atoms with Gasteiger partial charge in [-0.15, -0.1) is 0 Å². The Bertz CT molecular complexity index is 459. The second-order valence-electron chi connectivity index (χ2n) is 4.75. The summed E-state index contributed by atoms with van der Waals surface area (Å²) in [4.78, 5) is 11.5. The van der Waals surface area contributed by atoms with Gasteiger partial charge in [0.2, 0.25) is 0 Å². The van der Waals surface area contributed by atoms with Crippen LogP contribution in [-0.4, -0.2) is 18.7 Å². The molecular formula is C14H17ClO3. The first-order chi connectivity index (χ1) is 8.31. The highest BCUT2D eigenvalue weighted by atomic mass is 35.5. The Kier molecular flexibility index (Phi) is 4.79. The van der Waals surface area contributed by atoms with E-state index in [0.717, 1.165) is 5.56 Å². The molecule has 0 aliphatic rings. The molecular weight excluding hydrogens is 252 g/mol. The van der Waals surface area contributed by atoms with E-state index < -0.39 is 11.6 Å². The van der Waals surface area contributed by atoms with E-state index >= 15 is 0 Å². The van der Waals surface area contributed by atoms with Crippen molar-refractivity contribution < 1.29 is 14.3 Å². The minimum absolute atomic E-state index is 0.399. The zero-order valence-corrected chi connectivity index (χ0v) is 11.7. The maximum absolute atomic E-state index is 11.5. The molecule has 0 radical (unpaired) electrons. The minimum Gasteiger partial charge on any atom is -0.496 e. The molecule has 0 N–H and O–H groups in total. The van der Waals surface area contributed by atoms with E-state index in [4.69, 9.17) is 21.1 Å². The third-order valence-electron chi connectivity index (χ3n) is 2.00. The summed E-state index contributed by atoms with van der Waals surface area (Å²) in [6.45, 7) is 5.45. The van der Waals surface area contributed by atoms with Crippen LogP contribution in [0.2, 0.25) is 5.02 Å². The van der Waals surface area contributed by atoms with Crippen molar-refractivity contribution >= 4 is 23.6 Å². The highest BCUT2D eigenvalue weighted by molar-refractivity contribution is 6.30. The number of ether oxygens (including phenoxy) is 2. The van der Waals surface area contributed by atoms with E-state index in [1.165, 1.54) is 6.08 Å². The normalized spacial score (nSPS) is 11.6. The van der Waals surface area contributed by atoms with Gasteiger partial charge < -0.3 is 9.47 Å². The fraction of sp³-hybridized carbons (Fsp3) is 0.357. The third-order valence-corrected chi connectivity index (χ3v) is 2.23. The number of hydrogen-bond acceptors (Lipinski definition) is 3.